The van der Waals surface area contributed by atoms with Crippen LogP contribution in [0.3, 0.4) is 0 Å². The third kappa shape index (κ3) is 4.91. The lowest BCUT2D eigenvalue weighted by molar-refractivity contribution is -0.274. The summed E-state index contributed by atoms with van der Waals surface area (Å²) in [5.74, 6) is -1.01. The molecular formula is C17H13F6N3O4S. The number of hydrogen-bond donors (Lipinski definition) is 2. The molecule has 0 fully saturated rings. The summed E-state index contributed by atoms with van der Waals surface area (Å²) in [5, 5.41) is 15.0. The summed E-state index contributed by atoms with van der Waals surface area (Å²) in [7, 11) is -4.06. The minimum Gasteiger partial charge on any atom is -0.406 e. The lowest BCUT2D eigenvalue weighted by atomic mass is 10.1. The standard InChI is InChI=1S/C17H13F6N3O4S/c18-16(19,20)15(27)9-26(11-3-7-13(8-4-11)31(24,28)29)14(25-15)10-1-5-12(6-2-10)30-17(21,22)23/h1-8,27H,9H2,(H2,24,28,29). The van der Waals surface area contributed by atoms with Gasteiger partial charge in [0, 0.05) is 11.3 Å². The minimum absolute atomic E-state index is 0.0296. The van der Waals surface area contributed by atoms with Crippen LogP contribution in [0.2, 0.25) is 0 Å². The number of halogens is 6. The Morgan fingerprint density at radius 2 is 1.55 bits per heavy atom. The highest BCUT2D eigenvalue weighted by molar-refractivity contribution is 7.89. The Bertz CT molecular complexity index is 1100. The van der Waals surface area contributed by atoms with Crippen molar-refractivity contribution in [2.75, 3.05) is 11.4 Å². The summed E-state index contributed by atoms with van der Waals surface area (Å²) in [5.41, 5.74) is -3.52. The number of primary sulfonamides is 1. The molecule has 31 heavy (non-hydrogen) atoms. The summed E-state index contributed by atoms with van der Waals surface area (Å²) in [4.78, 5) is 4.01. The summed E-state index contributed by atoms with van der Waals surface area (Å²) in [6, 6.07) is 8.22. The van der Waals surface area contributed by atoms with Gasteiger partial charge in [0.15, 0.2) is 0 Å². The van der Waals surface area contributed by atoms with E-state index in [-0.39, 0.29) is 16.1 Å². The first kappa shape index (κ1) is 22.8. The van der Waals surface area contributed by atoms with E-state index in [0.29, 0.717) is 0 Å². The highest BCUT2D eigenvalue weighted by Gasteiger charge is 2.59. The molecule has 7 nitrogen and oxygen atoms in total. The number of anilines is 1. The number of alkyl halides is 6. The van der Waals surface area contributed by atoms with Crippen molar-refractivity contribution in [3.05, 3.63) is 54.1 Å². The predicted molar refractivity (Wildman–Crippen MR) is 95.8 cm³/mol. The van der Waals surface area contributed by atoms with Gasteiger partial charge in [-0.1, -0.05) is 0 Å². The number of benzene rings is 2. The third-order valence-electron chi connectivity index (χ3n) is 4.20. The number of aliphatic hydroxyl groups is 1. The molecule has 14 heteroatoms. The van der Waals surface area contributed by atoms with Crippen LogP contribution in [0.4, 0.5) is 32.0 Å². The number of amidine groups is 1. The Balaban J connectivity index is 2.02. The first-order valence-electron chi connectivity index (χ1n) is 8.25. The first-order chi connectivity index (χ1) is 14.1. The molecule has 0 aromatic heterocycles. The highest BCUT2D eigenvalue weighted by Crippen LogP contribution is 2.39. The van der Waals surface area contributed by atoms with Crippen molar-refractivity contribution in [2.24, 2.45) is 10.1 Å². The van der Waals surface area contributed by atoms with Crippen LogP contribution in [0.5, 0.6) is 5.75 Å². The molecule has 0 saturated heterocycles. The van der Waals surface area contributed by atoms with E-state index in [9.17, 15) is 39.9 Å². The number of hydrogen-bond acceptors (Lipinski definition) is 6. The van der Waals surface area contributed by atoms with Crippen LogP contribution in [-0.2, 0) is 10.0 Å². The van der Waals surface area contributed by atoms with E-state index >= 15 is 0 Å². The smallest absolute Gasteiger partial charge is 0.406 e. The second-order valence-corrected chi connectivity index (χ2v) is 8.01. The van der Waals surface area contributed by atoms with Gasteiger partial charge in [0.2, 0.25) is 10.0 Å². The van der Waals surface area contributed by atoms with E-state index < -0.39 is 46.4 Å². The number of ether oxygens (including phenoxy) is 1. The highest BCUT2D eigenvalue weighted by atomic mass is 32.2. The fraction of sp³-hybridized carbons (Fsp3) is 0.235. The molecule has 0 saturated carbocycles. The average Bonchev–Trinajstić information content (AvgIpc) is 2.99. The fourth-order valence-electron chi connectivity index (χ4n) is 2.77. The predicted octanol–water partition coefficient (Wildman–Crippen LogP) is 2.75. The Kier molecular flexibility index (Phi) is 5.44. The van der Waals surface area contributed by atoms with Crippen molar-refractivity contribution in [1.29, 1.82) is 0 Å². The molecule has 3 rings (SSSR count). The molecule has 2 aromatic carbocycles. The average molecular weight is 469 g/mol. The quantitative estimate of drug-likeness (QED) is 0.671. The molecule has 1 atom stereocenters. The molecule has 0 bridgehead atoms. The van der Waals surface area contributed by atoms with Crippen molar-refractivity contribution < 1.29 is 44.6 Å². The van der Waals surface area contributed by atoms with Crippen molar-refractivity contribution in [1.82, 2.24) is 0 Å². The summed E-state index contributed by atoms with van der Waals surface area (Å²) < 4.78 is 104. The molecule has 2 aromatic rings. The topological polar surface area (TPSA) is 105 Å². The summed E-state index contributed by atoms with van der Waals surface area (Å²) in [6.45, 7) is -1.07. The van der Waals surface area contributed by atoms with Crippen molar-refractivity contribution in [3.8, 4) is 5.75 Å². The fourth-order valence-corrected chi connectivity index (χ4v) is 3.29. The van der Waals surface area contributed by atoms with Gasteiger partial charge in [-0.25, -0.2) is 18.5 Å². The van der Waals surface area contributed by atoms with Gasteiger partial charge in [0.1, 0.15) is 11.6 Å². The van der Waals surface area contributed by atoms with Gasteiger partial charge in [-0.15, -0.1) is 13.2 Å². The zero-order chi connectivity index (χ0) is 23.2. The van der Waals surface area contributed by atoms with E-state index in [0.717, 1.165) is 53.4 Å². The van der Waals surface area contributed by atoms with Gasteiger partial charge in [-0.2, -0.15) is 13.2 Å². The summed E-state index contributed by atoms with van der Waals surface area (Å²) in [6.07, 6.45) is -10.1. The Morgan fingerprint density at radius 1 is 1.00 bits per heavy atom. The van der Waals surface area contributed by atoms with E-state index in [1.165, 1.54) is 0 Å². The van der Waals surface area contributed by atoms with E-state index in [1.54, 1.807) is 0 Å². The Morgan fingerprint density at radius 3 is 2.00 bits per heavy atom. The van der Waals surface area contributed by atoms with Crippen LogP contribution in [0.15, 0.2) is 58.4 Å². The number of nitrogens with zero attached hydrogens (tertiary/aromatic N) is 2. The van der Waals surface area contributed by atoms with Crippen molar-refractivity contribution >= 4 is 21.5 Å². The van der Waals surface area contributed by atoms with Gasteiger partial charge >= 0.3 is 12.5 Å². The van der Waals surface area contributed by atoms with Crippen molar-refractivity contribution in [2.45, 2.75) is 23.2 Å². The SMILES string of the molecule is NS(=O)(=O)c1ccc(N2CC(O)(C(F)(F)F)N=C2c2ccc(OC(F)(F)F)cc2)cc1. The molecule has 1 heterocycles. The maximum atomic E-state index is 13.4. The molecule has 0 spiro atoms. The molecule has 1 aliphatic rings. The molecule has 168 valence electrons. The Hall–Kier alpha value is -2.84. The van der Waals surface area contributed by atoms with Gasteiger partial charge in [0.05, 0.1) is 11.4 Å². The van der Waals surface area contributed by atoms with Gasteiger partial charge < -0.3 is 14.7 Å². The number of aliphatic imine (C=N–C) groups is 1. The van der Waals surface area contributed by atoms with Gasteiger partial charge in [-0.3, -0.25) is 0 Å². The normalized spacial score (nSPS) is 20.0. The summed E-state index contributed by atoms with van der Waals surface area (Å²) >= 11 is 0. The van der Waals surface area contributed by atoms with E-state index in [2.05, 4.69) is 9.73 Å². The maximum absolute atomic E-state index is 13.4. The Labute approximate surface area is 171 Å². The maximum Gasteiger partial charge on any atom is 0.573 e. The van der Waals surface area contributed by atoms with Crippen molar-refractivity contribution in [3.63, 3.8) is 0 Å². The molecule has 0 aliphatic carbocycles. The zero-order valence-corrected chi connectivity index (χ0v) is 16.0. The van der Waals surface area contributed by atoms with Crippen LogP contribution < -0.4 is 14.8 Å². The third-order valence-corrected chi connectivity index (χ3v) is 5.13. The molecule has 1 unspecified atom stereocenters. The van der Waals surface area contributed by atoms with Crippen LogP contribution in [0.25, 0.3) is 0 Å². The number of β-amino-alcohol motifs (C(OH)–C–C–N with tert-alkyl or cyclic N) is 1. The lowest BCUT2D eigenvalue weighted by Crippen LogP contribution is -2.47. The van der Waals surface area contributed by atoms with Gasteiger partial charge in [0.25, 0.3) is 5.72 Å². The van der Waals surface area contributed by atoms with E-state index in [4.69, 9.17) is 5.14 Å². The van der Waals surface area contributed by atoms with E-state index in [1.807, 2.05) is 0 Å². The van der Waals surface area contributed by atoms with Crippen LogP contribution in [0, 0.1) is 0 Å². The molecular weight excluding hydrogens is 456 g/mol. The monoisotopic (exact) mass is 469 g/mol. The second kappa shape index (κ2) is 7.39. The lowest BCUT2D eigenvalue weighted by Gasteiger charge is -2.25. The van der Waals surface area contributed by atoms with Gasteiger partial charge in [-0.05, 0) is 48.5 Å². The zero-order valence-electron chi connectivity index (χ0n) is 15.1. The molecule has 1 aliphatic heterocycles. The number of sulfonamides is 1. The van der Waals surface area contributed by atoms with Crippen LogP contribution >= 0.6 is 0 Å². The largest absolute Gasteiger partial charge is 0.573 e. The minimum atomic E-state index is -5.16. The second-order valence-electron chi connectivity index (χ2n) is 6.45. The molecule has 0 amide bonds. The van der Waals surface area contributed by atoms with Crippen LogP contribution in [0.1, 0.15) is 5.56 Å². The number of rotatable bonds is 4. The first-order valence-corrected chi connectivity index (χ1v) is 9.79. The molecule has 0 radical (unpaired) electrons. The number of nitrogens with two attached hydrogens (primary N) is 1. The van der Waals surface area contributed by atoms with Crippen LogP contribution in [-0.4, -0.2) is 44.2 Å². The molecule has 3 N–H and O–H groups in total.